The van der Waals surface area contributed by atoms with Crippen LogP contribution >= 0.6 is 0 Å². The molecule has 0 fully saturated rings. The fraction of sp³-hybridized carbons (Fsp3) is 0.778. The Bertz CT molecular complexity index is 234. The summed E-state index contributed by atoms with van der Waals surface area (Å²) in [6.45, 7) is 1.68. The Hall–Kier alpha value is -1.08. The monoisotopic (exact) mass is 231 g/mol. The second kappa shape index (κ2) is 8.12. The molecule has 0 bridgehead atoms. The molecule has 0 radical (unpaired) electrons. The molecule has 0 rings (SSSR count). The fourth-order valence-corrected chi connectivity index (χ4v) is 1.40. The van der Waals surface area contributed by atoms with Gasteiger partial charge in [0.2, 0.25) is 5.91 Å². The van der Waals surface area contributed by atoms with Gasteiger partial charge in [-0.25, -0.2) is 0 Å². The molecule has 0 spiro atoms. The molecule has 0 aromatic carbocycles. The molecule has 4 N–H and O–H groups in total. The summed E-state index contributed by atoms with van der Waals surface area (Å²) in [7, 11) is -1.36. The van der Waals surface area contributed by atoms with E-state index in [9.17, 15) is 9.59 Å². The molecule has 7 heteroatoms. The normalized spacial score (nSPS) is 11.9. The van der Waals surface area contributed by atoms with Gasteiger partial charge >= 0.3 is 13.1 Å². The van der Waals surface area contributed by atoms with Gasteiger partial charge < -0.3 is 20.5 Å². The van der Waals surface area contributed by atoms with Crippen LogP contribution in [-0.4, -0.2) is 40.7 Å². The van der Waals surface area contributed by atoms with Crippen molar-refractivity contribution in [3.63, 3.8) is 0 Å². The van der Waals surface area contributed by atoms with Crippen LogP contribution in [0.15, 0.2) is 0 Å². The lowest BCUT2D eigenvalue weighted by molar-refractivity contribution is -0.138. The first-order chi connectivity index (χ1) is 7.41. The number of hydrogen-bond donors (Lipinski definition) is 4. The van der Waals surface area contributed by atoms with E-state index in [1.165, 1.54) is 6.92 Å². The van der Waals surface area contributed by atoms with Crippen LogP contribution in [0, 0.1) is 5.92 Å². The summed E-state index contributed by atoms with van der Waals surface area (Å²) < 4.78 is 0. The number of carboxylic acids is 1. The topological polar surface area (TPSA) is 107 Å². The quantitative estimate of drug-likeness (QED) is 0.420. The lowest BCUT2D eigenvalue weighted by Crippen LogP contribution is -2.28. The smallest absolute Gasteiger partial charge is 0.451 e. The minimum Gasteiger partial charge on any atom is -0.481 e. The predicted octanol–water partition coefficient (Wildman–Crippen LogP) is -0.534. The highest BCUT2D eigenvalue weighted by atomic mass is 16.4. The van der Waals surface area contributed by atoms with Gasteiger partial charge in [-0.1, -0.05) is 6.42 Å². The first-order valence-corrected chi connectivity index (χ1v) is 5.24. The van der Waals surface area contributed by atoms with Crippen molar-refractivity contribution in [3.8, 4) is 0 Å². The summed E-state index contributed by atoms with van der Waals surface area (Å²) in [6, 6.07) is 0. The molecule has 0 aliphatic rings. The molecule has 0 aliphatic carbocycles. The highest BCUT2D eigenvalue weighted by molar-refractivity contribution is 6.40. The van der Waals surface area contributed by atoms with Crippen LogP contribution in [0.1, 0.15) is 26.2 Å². The standard InChI is InChI=1S/C9H18BNO5/c1-7(12)11-6-8(5-9(13)14)3-2-4-10(15)16/h8,15-16H,2-6H2,1H3,(H,11,12)(H,13,14). The van der Waals surface area contributed by atoms with E-state index >= 15 is 0 Å². The van der Waals surface area contributed by atoms with Crippen LogP contribution < -0.4 is 5.32 Å². The van der Waals surface area contributed by atoms with Crippen molar-refractivity contribution < 1.29 is 24.7 Å². The van der Waals surface area contributed by atoms with Crippen LogP contribution in [0.25, 0.3) is 0 Å². The van der Waals surface area contributed by atoms with Gasteiger partial charge in [0, 0.05) is 19.9 Å². The third-order valence-corrected chi connectivity index (χ3v) is 2.18. The molecule has 0 heterocycles. The number of carboxylic acid groups (broad SMARTS) is 1. The fourth-order valence-electron chi connectivity index (χ4n) is 1.40. The van der Waals surface area contributed by atoms with Gasteiger partial charge in [0.1, 0.15) is 0 Å². The Kier molecular flexibility index (Phi) is 7.58. The zero-order chi connectivity index (χ0) is 12.6. The van der Waals surface area contributed by atoms with E-state index in [-0.39, 0.29) is 24.6 Å². The predicted molar refractivity (Wildman–Crippen MR) is 58.7 cm³/mol. The van der Waals surface area contributed by atoms with E-state index < -0.39 is 13.1 Å². The van der Waals surface area contributed by atoms with E-state index in [2.05, 4.69) is 5.32 Å². The minimum absolute atomic E-state index is 0.0260. The number of rotatable bonds is 8. The van der Waals surface area contributed by atoms with Crippen molar-refractivity contribution in [1.29, 1.82) is 0 Å². The summed E-state index contributed by atoms with van der Waals surface area (Å²) in [5.41, 5.74) is 0. The van der Waals surface area contributed by atoms with Gasteiger partial charge in [-0.3, -0.25) is 9.59 Å². The number of amides is 1. The number of carbonyl (C=O) groups is 2. The maximum atomic E-state index is 10.7. The summed E-state index contributed by atoms with van der Waals surface area (Å²) >= 11 is 0. The van der Waals surface area contributed by atoms with E-state index in [0.717, 1.165) is 0 Å². The average molecular weight is 231 g/mol. The molecule has 0 aromatic heterocycles. The molecule has 92 valence electrons. The molecule has 0 aromatic rings. The summed E-state index contributed by atoms with van der Waals surface area (Å²) in [5.74, 6) is -1.28. The third-order valence-electron chi connectivity index (χ3n) is 2.18. The molecule has 0 saturated carbocycles. The van der Waals surface area contributed by atoms with E-state index in [0.29, 0.717) is 19.4 Å². The van der Waals surface area contributed by atoms with Crippen LogP contribution in [0.2, 0.25) is 6.32 Å². The van der Waals surface area contributed by atoms with E-state index in [1.807, 2.05) is 0 Å². The Morgan fingerprint density at radius 2 is 2.00 bits per heavy atom. The molecule has 1 amide bonds. The summed E-state index contributed by atoms with van der Waals surface area (Å²) in [6.07, 6.45) is 1.26. The third kappa shape index (κ3) is 9.48. The molecule has 0 saturated heterocycles. The number of nitrogens with one attached hydrogen (secondary N) is 1. The van der Waals surface area contributed by atoms with E-state index in [4.69, 9.17) is 15.2 Å². The largest absolute Gasteiger partial charge is 0.481 e. The molecular formula is C9H18BNO5. The van der Waals surface area contributed by atoms with Gasteiger partial charge in [0.05, 0.1) is 0 Å². The van der Waals surface area contributed by atoms with Crippen LogP contribution in [0.4, 0.5) is 0 Å². The van der Waals surface area contributed by atoms with Gasteiger partial charge in [-0.15, -0.1) is 0 Å². The van der Waals surface area contributed by atoms with Crippen molar-refractivity contribution >= 4 is 19.0 Å². The number of carbonyl (C=O) groups excluding carboxylic acids is 1. The van der Waals surface area contributed by atoms with Crippen molar-refractivity contribution in [1.82, 2.24) is 5.32 Å². The zero-order valence-corrected chi connectivity index (χ0v) is 9.35. The van der Waals surface area contributed by atoms with Gasteiger partial charge in [-0.2, -0.15) is 0 Å². The zero-order valence-electron chi connectivity index (χ0n) is 9.35. The van der Waals surface area contributed by atoms with Gasteiger partial charge in [0.15, 0.2) is 0 Å². The Morgan fingerprint density at radius 1 is 1.38 bits per heavy atom. The second-order valence-electron chi connectivity index (χ2n) is 3.81. The Labute approximate surface area is 94.8 Å². The summed E-state index contributed by atoms with van der Waals surface area (Å²) in [4.78, 5) is 21.2. The SMILES string of the molecule is CC(=O)NCC(CCCB(O)O)CC(=O)O. The highest BCUT2D eigenvalue weighted by Crippen LogP contribution is 2.13. The molecule has 1 atom stereocenters. The van der Waals surface area contributed by atoms with Gasteiger partial charge in [0.25, 0.3) is 0 Å². The Balaban J connectivity index is 3.89. The maximum absolute atomic E-state index is 10.7. The Morgan fingerprint density at radius 3 is 2.44 bits per heavy atom. The molecule has 6 nitrogen and oxygen atoms in total. The van der Waals surface area contributed by atoms with Gasteiger partial charge in [-0.05, 0) is 18.7 Å². The van der Waals surface area contributed by atoms with Crippen molar-refractivity contribution in [2.24, 2.45) is 5.92 Å². The first kappa shape index (κ1) is 14.9. The molecular weight excluding hydrogens is 213 g/mol. The number of aliphatic carboxylic acids is 1. The molecule has 0 aliphatic heterocycles. The highest BCUT2D eigenvalue weighted by Gasteiger charge is 2.15. The van der Waals surface area contributed by atoms with Crippen LogP contribution in [-0.2, 0) is 9.59 Å². The van der Waals surface area contributed by atoms with Crippen molar-refractivity contribution in [2.75, 3.05) is 6.54 Å². The number of hydrogen-bond acceptors (Lipinski definition) is 4. The lowest BCUT2D eigenvalue weighted by Gasteiger charge is -2.14. The van der Waals surface area contributed by atoms with Crippen molar-refractivity contribution in [3.05, 3.63) is 0 Å². The van der Waals surface area contributed by atoms with Crippen molar-refractivity contribution in [2.45, 2.75) is 32.5 Å². The first-order valence-electron chi connectivity index (χ1n) is 5.24. The van der Waals surface area contributed by atoms with Crippen LogP contribution in [0.5, 0.6) is 0 Å². The minimum atomic E-state index is -1.36. The molecule has 1 unspecified atom stereocenters. The summed E-state index contributed by atoms with van der Waals surface area (Å²) in [5, 5.41) is 28.5. The lowest BCUT2D eigenvalue weighted by atomic mass is 9.82. The van der Waals surface area contributed by atoms with Crippen LogP contribution in [0.3, 0.4) is 0 Å². The molecule has 16 heavy (non-hydrogen) atoms. The van der Waals surface area contributed by atoms with E-state index in [1.54, 1.807) is 0 Å². The second-order valence-corrected chi connectivity index (χ2v) is 3.81. The maximum Gasteiger partial charge on any atom is 0.451 e. The average Bonchev–Trinajstić information content (AvgIpc) is 2.12.